The summed E-state index contributed by atoms with van der Waals surface area (Å²) in [6.45, 7) is 0. The fourth-order valence-corrected chi connectivity index (χ4v) is 6.06. The molecule has 10 heteroatoms. The molecular weight excluding hydrogens is 498 g/mol. The van der Waals surface area contributed by atoms with Crippen molar-refractivity contribution in [3.05, 3.63) is 60.3 Å². The highest BCUT2D eigenvalue weighted by molar-refractivity contribution is 7.90. The Hall–Kier alpha value is -3.37. The maximum absolute atomic E-state index is 11.4. The van der Waals surface area contributed by atoms with E-state index >= 15 is 0 Å². The third-order valence-corrected chi connectivity index (χ3v) is 8.75. The quantitative estimate of drug-likeness (QED) is 0.380. The predicted molar refractivity (Wildman–Crippen MR) is 155 cm³/mol. The van der Waals surface area contributed by atoms with E-state index < -0.39 is 15.6 Å². The molecule has 1 unspecified atom stereocenters. The number of hydrogen-bond donors (Lipinski definition) is 3. The molecule has 9 nitrogen and oxygen atoms in total. The van der Waals surface area contributed by atoms with Crippen LogP contribution < -0.4 is 26.2 Å². The Balaban J connectivity index is 1.28. The number of hydrogen-bond acceptors (Lipinski definition) is 9. The summed E-state index contributed by atoms with van der Waals surface area (Å²) in [5.41, 5.74) is 11.9. The second kappa shape index (κ2) is 10.4. The van der Waals surface area contributed by atoms with Gasteiger partial charge in [0.1, 0.15) is 15.7 Å². The van der Waals surface area contributed by atoms with Crippen molar-refractivity contribution >= 4 is 44.4 Å². The number of aryl methyl sites for hydroxylation is 1. The van der Waals surface area contributed by atoms with Crippen LogP contribution in [0.5, 0.6) is 0 Å². The van der Waals surface area contributed by atoms with E-state index in [0.29, 0.717) is 18.3 Å². The molecule has 202 valence electrons. The Kier molecular flexibility index (Phi) is 7.19. The predicted octanol–water partition coefficient (Wildman–Crippen LogP) is 4.63. The lowest BCUT2D eigenvalue weighted by Gasteiger charge is -2.42. The summed E-state index contributed by atoms with van der Waals surface area (Å²) in [7, 11) is 1.08. The van der Waals surface area contributed by atoms with Crippen molar-refractivity contribution in [3.8, 4) is 0 Å². The van der Waals surface area contributed by atoms with Gasteiger partial charge in [-0.15, -0.1) is 0 Å². The first kappa shape index (κ1) is 26.2. The van der Waals surface area contributed by atoms with Crippen LogP contribution in [0.15, 0.2) is 54.7 Å². The van der Waals surface area contributed by atoms with Gasteiger partial charge in [0.25, 0.3) is 0 Å². The zero-order chi connectivity index (χ0) is 26.9. The molecule has 1 saturated carbocycles. The smallest absolute Gasteiger partial charge is 0.229 e. The third-order valence-electron chi connectivity index (χ3n) is 7.80. The van der Waals surface area contributed by atoms with Crippen molar-refractivity contribution in [1.29, 1.82) is 0 Å². The molecule has 0 bridgehead atoms. The van der Waals surface area contributed by atoms with Crippen molar-refractivity contribution in [2.24, 2.45) is 11.7 Å². The fraction of sp³-hybridized carbons (Fsp3) is 0.429. The van der Waals surface area contributed by atoms with Gasteiger partial charge in [0, 0.05) is 43.8 Å². The van der Waals surface area contributed by atoms with E-state index in [-0.39, 0.29) is 5.75 Å². The summed E-state index contributed by atoms with van der Waals surface area (Å²) in [6.07, 6.45) is 9.54. The van der Waals surface area contributed by atoms with Crippen LogP contribution in [0.2, 0.25) is 0 Å². The molecule has 2 aliphatic rings. The summed E-state index contributed by atoms with van der Waals surface area (Å²) in [6, 6.07) is 15.9. The van der Waals surface area contributed by atoms with Crippen molar-refractivity contribution < 1.29 is 8.42 Å². The van der Waals surface area contributed by atoms with E-state index in [2.05, 4.69) is 45.8 Å². The zero-order valence-electron chi connectivity index (χ0n) is 22.3. The first-order valence-corrected chi connectivity index (χ1v) is 15.2. The molecule has 3 aromatic rings. The van der Waals surface area contributed by atoms with Crippen molar-refractivity contribution in [3.63, 3.8) is 0 Å². The van der Waals surface area contributed by atoms with E-state index in [1.54, 1.807) is 6.20 Å². The molecule has 1 aromatic heterocycles. The first-order chi connectivity index (χ1) is 18.1. The minimum absolute atomic E-state index is 0.138. The number of nitrogens with one attached hydrogen (secondary N) is 2. The van der Waals surface area contributed by atoms with Crippen molar-refractivity contribution in [2.75, 3.05) is 46.5 Å². The Morgan fingerprint density at radius 3 is 2.58 bits per heavy atom. The molecule has 4 N–H and O–H groups in total. The minimum atomic E-state index is -2.99. The number of benzene rings is 2. The number of nitrogens with zero attached hydrogens (tertiary/aromatic N) is 4. The monoisotopic (exact) mass is 535 g/mol. The zero-order valence-corrected chi connectivity index (χ0v) is 23.1. The average molecular weight is 536 g/mol. The molecule has 1 aliphatic carbocycles. The highest BCUT2D eigenvalue weighted by Crippen LogP contribution is 2.45. The molecule has 1 aliphatic heterocycles. The summed E-state index contributed by atoms with van der Waals surface area (Å²) in [5, 5.41) is 6.88. The number of rotatable bonds is 8. The molecule has 38 heavy (non-hydrogen) atoms. The van der Waals surface area contributed by atoms with Crippen LogP contribution in [0.4, 0.5) is 34.5 Å². The van der Waals surface area contributed by atoms with E-state index in [1.807, 2.05) is 42.3 Å². The number of anilines is 6. The Labute approximate surface area is 225 Å². The van der Waals surface area contributed by atoms with Gasteiger partial charge in [0.15, 0.2) is 5.79 Å². The van der Waals surface area contributed by atoms with Crippen LogP contribution in [0, 0.1) is 5.92 Å². The molecule has 0 spiro atoms. The standard InChI is InChI=1S/C28H37N7O2S/c1-34(23-13-14-25-24(19-23)33-28(29,35(25)2)21-7-5-4-6-8-21)26-15-17-30-27(32-26)31-22-11-9-20(10-12-22)16-18-38(3,36)37/h9-15,17,19,21,33H,4-8,16,18,29H2,1-3H3,(H,30,31,32). The molecule has 0 amide bonds. The van der Waals surface area contributed by atoms with Gasteiger partial charge in [-0.25, -0.2) is 13.4 Å². The van der Waals surface area contributed by atoms with Gasteiger partial charge in [0.05, 0.1) is 17.1 Å². The minimum Gasteiger partial charge on any atom is -0.349 e. The van der Waals surface area contributed by atoms with Crippen molar-refractivity contribution in [1.82, 2.24) is 9.97 Å². The second-order valence-corrected chi connectivity index (χ2v) is 12.8. The lowest BCUT2D eigenvalue weighted by Crippen LogP contribution is -2.62. The Morgan fingerprint density at radius 1 is 1.13 bits per heavy atom. The number of aromatic nitrogens is 2. The van der Waals surface area contributed by atoms with Crippen LogP contribution in [0.3, 0.4) is 0 Å². The van der Waals surface area contributed by atoms with Crippen LogP contribution in [-0.2, 0) is 16.3 Å². The van der Waals surface area contributed by atoms with Crippen LogP contribution in [0.25, 0.3) is 0 Å². The van der Waals surface area contributed by atoms with Crippen LogP contribution >= 0.6 is 0 Å². The van der Waals surface area contributed by atoms with E-state index in [0.717, 1.165) is 47.0 Å². The highest BCUT2D eigenvalue weighted by atomic mass is 32.2. The summed E-state index contributed by atoms with van der Waals surface area (Å²) in [5.74, 6) is 1.23. The third kappa shape index (κ3) is 5.56. The number of nitrogens with two attached hydrogens (primary N) is 1. The summed E-state index contributed by atoms with van der Waals surface area (Å²) >= 11 is 0. The number of fused-ring (bicyclic) bond motifs is 1. The maximum Gasteiger partial charge on any atom is 0.229 e. The highest BCUT2D eigenvalue weighted by Gasteiger charge is 2.44. The molecule has 1 atom stereocenters. The molecule has 0 radical (unpaired) electrons. The Morgan fingerprint density at radius 2 is 1.87 bits per heavy atom. The van der Waals surface area contributed by atoms with Gasteiger partial charge in [0.2, 0.25) is 5.95 Å². The molecule has 2 heterocycles. The van der Waals surface area contributed by atoms with Gasteiger partial charge in [-0.1, -0.05) is 31.4 Å². The molecule has 0 saturated heterocycles. The average Bonchev–Trinajstić information content (AvgIpc) is 3.18. The van der Waals surface area contributed by atoms with Crippen LogP contribution in [-0.4, -0.2) is 50.3 Å². The van der Waals surface area contributed by atoms with E-state index in [1.165, 1.54) is 25.5 Å². The normalized spacial score (nSPS) is 19.6. The summed E-state index contributed by atoms with van der Waals surface area (Å²) < 4.78 is 22.8. The largest absolute Gasteiger partial charge is 0.349 e. The first-order valence-electron chi connectivity index (χ1n) is 13.2. The van der Waals surface area contributed by atoms with E-state index in [4.69, 9.17) is 10.7 Å². The molecular formula is C28H37N7O2S. The summed E-state index contributed by atoms with van der Waals surface area (Å²) in [4.78, 5) is 13.3. The van der Waals surface area contributed by atoms with E-state index in [9.17, 15) is 8.42 Å². The maximum atomic E-state index is 11.4. The SMILES string of the molecule is CN(c1ccc2c(c1)NC(N)(C1CCCCC1)N2C)c1ccnc(Nc2ccc(CCS(C)(=O)=O)cc2)n1. The van der Waals surface area contributed by atoms with Gasteiger partial charge < -0.3 is 20.4 Å². The van der Waals surface area contributed by atoms with Crippen molar-refractivity contribution in [2.45, 2.75) is 44.3 Å². The molecule has 2 aromatic carbocycles. The molecule has 1 fully saturated rings. The van der Waals surface area contributed by atoms with Gasteiger partial charge in [-0.05, 0) is 61.2 Å². The topological polar surface area (TPSA) is 116 Å². The molecule has 5 rings (SSSR count). The van der Waals surface area contributed by atoms with Gasteiger partial charge in [-0.2, -0.15) is 4.98 Å². The van der Waals surface area contributed by atoms with Gasteiger partial charge in [-0.3, -0.25) is 5.73 Å². The lowest BCUT2D eigenvalue weighted by atomic mass is 9.84. The lowest BCUT2D eigenvalue weighted by molar-refractivity contribution is 0.235. The number of sulfone groups is 1. The second-order valence-electron chi connectivity index (χ2n) is 10.5. The van der Waals surface area contributed by atoms with Crippen LogP contribution in [0.1, 0.15) is 37.7 Å². The van der Waals surface area contributed by atoms with Gasteiger partial charge >= 0.3 is 0 Å². The fourth-order valence-electron chi connectivity index (χ4n) is 5.46. The Bertz CT molecular complexity index is 1390.